The summed E-state index contributed by atoms with van der Waals surface area (Å²) in [4.78, 5) is 0. The standard InChI is InChI=1S/C16H24ClFN2O/c1-15(2)9-12(16(3,4)21-15)14(20-19)7-10-5-6-11(18)8-13(10)17/h5-6,8,12,14,20H,7,9,19H2,1-4H3. The fourth-order valence-electron chi connectivity index (χ4n) is 3.47. The van der Waals surface area contributed by atoms with Gasteiger partial charge in [0.25, 0.3) is 0 Å². The van der Waals surface area contributed by atoms with Crippen molar-refractivity contribution in [2.24, 2.45) is 11.8 Å². The SMILES string of the molecule is CC1(C)CC(C(Cc2ccc(F)cc2Cl)NN)C(C)(C)O1. The summed E-state index contributed by atoms with van der Waals surface area (Å²) >= 11 is 6.12. The molecule has 0 aliphatic carbocycles. The van der Waals surface area contributed by atoms with Gasteiger partial charge in [-0.05, 0) is 58.2 Å². The lowest BCUT2D eigenvalue weighted by Gasteiger charge is -2.32. The molecule has 0 amide bonds. The molecule has 2 unspecified atom stereocenters. The van der Waals surface area contributed by atoms with Crippen molar-refractivity contribution < 1.29 is 9.13 Å². The number of hydrogen-bond acceptors (Lipinski definition) is 3. The van der Waals surface area contributed by atoms with Crippen LogP contribution < -0.4 is 11.3 Å². The maximum Gasteiger partial charge on any atom is 0.124 e. The van der Waals surface area contributed by atoms with Crippen molar-refractivity contribution in [2.75, 3.05) is 0 Å². The molecule has 0 saturated carbocycles. The van der Waals surface area contributed by atoms with E-state index in [1.807, 2.05) is 0 Å². The van der Waals surface area contributed by atoms with E-state index in [0.717, 1.165) is 12.0 Å². The molecule has 0 bridgehead atoms. The summed E-state index contributed by atoms with van der Waals surface area (Å²) in [7, 11) is 0. The van der Waals surface area contributed by atoms with Gasteiger partial charge >= 0.3 is 0 Å². The Kier molecular flexibility index (Phi) is 4.64. The summed E-state index contributed by atoms with van der Waals surface area (Å²) in [6, 6.07) is 4.50. The number of hydrazine groups is 1. The molecular formula is C16H24ClFN2O. The molecule has 2 atom stereocenters. The number of rotatable bonds is 4. The molecule has 1 aliphatic heterocycles. The molecule has 1 aromatic carbocycles. The second-order valence-corrected chi connectivity index (χ2v) is 7.40. The highest BCUT2D eigenvalue weighted by molar-refractivity contribution is 6.31. The number of hydrogen-bond donors (Lipinski definition) is 2. The molecule has 0 aromatic heterocycles. The molecule has 2 rings (SSSR count). The average molecular weight is 315 g/mol. The van der Waals surface area contributed by atoms with Crippen molar-refractivity contribution >= 4 is 11.6 Å². The highest BCUT2D eigenvalue weighted by atomic mass is 35.5. The molecular weight excluding hydrogens is 291 g/mol. The van der Waals surface area contributed by atoms with Crippen molar-refractivity contribution in [1.29, 1.82) is 0 Å². The predicted molar refractivity (Wildman–Crippen MR) is 83.6 cm³/mol. The van der Waals surface area contributed by atoms with Crippen molar-refractivity contribution in [3.05, 3.63) is 34.6 Å². The number of nitrogens with two attached hydrogens (primary N) is 1. The van der Waals surface area contributed by atoms with E-state index in [2.05, 4.69) is 33.1 Å². The fourth-order valence-corrected chi connectivity index (χ4v) is 3.72. The minimum absolute atomic E-state index is 0.0183. The van der Waals surface area contributed by atoms with E-state index in [1.54, 1.807) is 6.07 Å². The van der Waals surface area contributed by atoms with Gasteiger partial charge in [0.1, 0.15) is 5.82 Å². The first-order valence-corrected chi connectivity index (χ1v) is 7.63. The second kappa shape index (κ2) is 5.84. The zero-order chi connectivity index (χ0) is 15.8. The highest BCUT2D eigenvalue weighted by Gasteiger charge is 2.48. The van der Waals surface area contributed by atoms with Gasteiger partial charge in [-0.3, -0.25) is 11.3 Å². The summed E-state index contributed by atoms with van der Waals surface area (Å²) in [6.07, 6.45) is 1.55. The first-order chi connectivity index (χ1) is 9.64. The maximum absolute atomic E-state index is 13.1. The van der Waals surface area contributed by atoms with Crippen LogP contribution in [-0.2, 0) is 11.2 Å². The van der Waals surface area contributed by atoms with E-state index < -0.39 is 0 Å². The van der Waals surface area contributed by atoms with E-state index in [0.29, 0.717) is 11.4 Å². The Bertz CT molecular complexity index is 519. The third kappa shape index (κ3) is 3.75. The largest absolute Gasteiger partial charge is 0.369 e. The Balaban J connectivity index is 2.20. The molecule has 1 fully saturated rings. The van der Waals surface area contributed by atoms with Crippen LogP contribution in [0.5, 0.6) is 0 Å². The Morgan fingerprint density at radius 2 is 2.10 bits per heavy atom. The van der Waals surface area contributed by atoms with Crippen molar-refractivity contribution in [2.45, 2.75) is 57.8 Å². The van der Waals surface area contributed by atoms with Crippen molar-refractivity contribution in [3.8, 4) is 0 Å². The molecule has 1 aliphatic rings. The van der Waals surface area contributed by atoms with Crippen LogP contribution in [0.25, 0.3) is 0 Å². The average Bonchev–Trinajstić information content (AvgIpc) is 2.56. The van der Waals surface area contributed by atoms with Gasteiger partial charge in [0, 0.05) is 17.0 Å². The van der Waals surface area contributed by atoms with Crippen LogP contribution in [0.4, 0.5) is 4.39 Å². The summed E-state index contributed by atoms with van der Waals surface area (Å²) < 4.78 is 19.3. The molecule has 118 valence electrons. The number of nitrogens with one attached hydrogen (secondary N) is 1. The molecule has 1 saturated heterocycles. The smallest absolute Gasteiger partial charge is 0.124 e. The molecule has 1 heterocycles. The van der Waals surface area contributed by atoms with Gasteiger partial charge in [-0.25, -0.2) is 4.39 Å². The quantitative estimate of drug-likeness (QED) is 0.661. The Labute approximate surface area is 131 Å². The van der Waals surface area contributed by atoms with Crippen LogP contribution >= 0.6 is 11.6 Å². The molecule has 1 aromatic rings. The third-order valence-electron chi connectivity index (χ3n) is 4.30. The summed E-state index contributed by atoms with van der Waals surface area (Å²) in [5.74, 6) is 5.69. The van der Waals surface area contributed by atoms with Gasteiger partial charge < -0.3 is 4.74 Å². The Morgan fingerprint density at radius 3 is 2.57 bits per heavy atom. The van der Waals surface area contributed by atoms with E-state index in [-0.39, 0.29) is 29.0 Å². The van der Waals surface area contributed by atoms with Crippen LogP contribution in [0.15, 0.2) is 18.2 Å². The first kappa shape index (κ1) is 16.7. The topological polar surface area (TPSA) is 47.3 Å². The normalized spacial score (nSPS) is 25.0. The van der Waals surface area contributed by atoms with Gasteiger partial charge in [0.2, 0.25) is 0 Å². The summed E-state index contributed by atoms with van der Waals surface area (Å²) in [5, 5.41) is 0.436. The third-order valence-corrected chi connectivity index (χ3v) is 4.65. The van der Waals surface area contributed by atoms with Gasteiger partial charge in [0.15, 0.2) is 0 Å². The van der Waals surface area contributed by atoms with E-state index in [9.17, 15) is 4.39 Å². The van der Waals surface area contributed by atoms with Crippen LogP contribution in [0.3, 0.4) is 0 Å². The lowest BCUT2D eigenvalue weighted by Crippen LogP contribution is -2.48. The zero-order valence-corrected chi connectivity index (χ0v) is 13.8. The van der Waals surface area contributed by atoms with E-state index in [1.165, 1.54) is 12.1 Å². The Hall–Kier alpha value is -0.680. The van der Waals surface area contributed by atoms with Crippen LogP contribution in [-0.4, -0.2) is 17.2 Å². The number of benzene rings is 1. The van der Waals surface area contributed by atoms with Gasteiger partial charge in [0.05, 0.1) is 11.2 Å². The lowest BCUT2D eigenvalue weighted by molar-refractivity contribution is -0.0776. The van der Waals surface area contributed by atoms with Crippen LogP contribution in [0, 0.1) is 11.7 Å². The van der Waals surface area contributed by atoms with Crippen molar-refractivity contribution in [1.82, 2.24) is 5.43 Å². The van der Waals surface area contributed by atoms with Crippen LogP contribution in [0.2, 0.25) is 5.02 Å². The van der Waals surface area contributed by atoms with Gasteiger partial charge in [-0.2, -0.15) is 0 Å². The Morgan fingerprint density at radius 1 is 1.43 bits per heavy atom. The molecule has 0 spiro atoms. The minimum Gasteiger partial charge on any atom is -0.369 e. The summed E-state index contributed by atoms with van der Waals surface area (Å²) in [6.45, 7) is 8.35. The fraction of sp³-hybridized carbons (Fsp3) is 0.625. The van der Waals surface area contributed by atoms with Crippen LogP contribution in [0.1, 0.15) is 39.7 Å². The minimum atomic E-state index is -0.327. The zero-order valence-electron chi connectivity index (χ0n) is 13.0. The molecule has 5 heteroatoms. The first-order valence-electron chi connectivity index (χ1n) is 7.25. The van der Waals surface area contributed by atoms with E-state index in [4.69, 9.17) is 22.2 Å². The lowest BCUT2D eigenvalue weighted by atomic mass is 9.79. The maximum atomic E-state index is 13.1. The summed E-state index contributed by atoms with van der Waals surface area (Å²) in [5.41, 5.74) is 3.34. The number of halogens is 2. The van der Waals surface area contributed by atoms with Gasteiger partial charge in [-0.15, -0.1) is 0 Å². The second-order valence-electron chi connectivity index (χ2n) is 6.99. The molecule has 3 N–H and O–H groups in total. The molecule has 21 heavy (non-hydrogen) atoms. The predicted octanol–water partition coefficient (Wildman–Crippen LogP) is 3.45. The monoisotopic (exact) mass is 314 g/mol. The van der Waals surface area contributed by atoms with Crippen molar-refractivity contribution in [3.63, 3.8) is 0 Å². The molecule has 3 nitrogen and oxygen atoms in total. The highest BCUT2D eigenvalue weighted by Crippen LogP contribution is 2.44. The molecule has 0 radical (unpaired) electrons. The van der Waals surface area contributed by atoms with Gasteiger partial charge in [-0.1, -0.05) is 17.7 Å². The number of ether oxygens (including phenoxy) is 1. The van der Waals surface area contributed by atoms with E-state index >= 15 is 0 Å².